The van der Waals surface area contributed by atoms with E-state index in [0.717, 1.165) is 17.0 Å². The molecule has 2 rings (SSSR count). The molecular formula is C21H33N5O3S. The minimum atomic E-state index is -3.61. The molecule has 1 aromatic carbocycles. The molecule has 0 unspecified atom stereocenters. The quantitative estimate of drug-likeness (QED) is 0.598. The summed E-state index contributed by atoms with van der Waals surface area (Å²) in [5.41, 5.74) is 4.19. The first-order valence-electron chi connectivity index (χ1n) is 10.3. The van der Waals surface area contributed by atoms with Crippen molar-refractivity contribution in [3.8, 4) is 0 Å². The average Bonchev–Trinajstić information content (AvgIpc) is 2.93. The van der Waals surface area contributed by atoms with Crippen LogP contribution in [0.25, 0.3) is 0 Å². The van der Waals surface area contributed by atoms with Crippen LogP contribution in [0.15, 0.2) is 23.1 Å². The first kappa shape index (κ1) is 23.9. The largest absolute Gasteiger partial charge is 0.384 e. The monoisotopic (exact) mass is 435 g/mol. The molecule has 2 N–H and O–H groups in total. The lowest BCUT2D eigenvalue weighted by Gasteiger charge is -2.20. The van der Waals surface area contributed by atoms with Crippen molar-refractivity contribution in [1.29, 1.82) is 0 Å². The van der Waals surface area contributed by atoms with E-state index >= 15 is 0 Å². The van der Waals surface area contributed by atoms with Crippen molar-refractivity contribution in [3.63, 3.8) is 0 Å². The fourth-order valence-electron chi connectivity index (χ4n) is 3.47. The highest BCUT2D eigenvalue weighted by Gasteiger charge is 2.23. The molecule has 1 aromatic heterocycles. The number of sulfonamides is 1. The number of hydrogen-bond acceptors (Lipinski definition) is 5. The van der Waals surface area contributed by atoms with Crippen molar-refractivity contribution in [2.45, 2.75) is 52.4 Å². The number of hydrogen-bond donors (Lipinski definition) is 2. The van der Waals surface area contributed by atoms with Crippen molar-refractivity contribution in [2.75, 3.05) is 30.3 Å². The van der Waals surface area contributed by atoms with Crippen molar-refractivity contribution in [1.82, 2.24) is 14.1 Å². The third-order valence-corrected chi connectivity index (χ3v) is 7.28. The summed E-state index contributed by atoms with van der Waals surface area (Å²) in [5.74, 6) is -0.172. The van der Waals surface area contributed by atoms with Crippen molar-refractivity contribution in [2.24, 2.45) is 7.05 Å². The molecule has 0 aliphatic heterocycles. The molecular weight excluding hydrogens is 402 g/mol. The number of nitrogens with one attached hydrogen (secondary N) is 2. The van der Waals surface area contributed by atoms with E-state index in [1.165, 1.54) is 10.4 Å². The van der Waals surface area contributed by atoms with Crippen LogP contribution in [0.3, 0.4) is 0 Å². The molecule has 0 aliphatic rings. The highest BCUT2D eigenvalue weighted by Crippen LogP contribution is 2.27. The van der Waals surface area contributed by atoms with Gasteiger partial charge in [0.25, 0.3) is 0 Å². The molecule has 0 aliphatic carbocycles. The lowest BCUT2D eigenvalue weighted by atomic mass is 10.1. The second kappa shape index (κ2) is 10.1. The summed E-state index contributed by atoms with van der Waals surface area (Å²) in [7, 11) is -1.73. The Kier molecular flexibility index (Phi) is 8.03. The summed E-state index contributed by atoms with van der Waals surface area (Å²) in [5, 5.41) is 10.4. The fourth-order valence-corrected chi connectivity index (χ4v) is 4.96. The van der Waals surface area contributed by atoms with Gasteiger partial charge in [0.1, 0.15) is 0 Å². The molecule has 0 atom stereocenters. The van der Waals surface area contributed by atoms with E-state index in [9.17, 15) is 13.2 Å². The van der Waals surface area contributed by atoms with Gasteiger partial charge in [0.05, 0.1) is 22.0 Å². The lowest BCUT2D eigenvalue weighted by Crippen LogP contribution is -2.30. The number of carbonyl (C=O) groups excluding carboxylic acids is 1. The predicted molar refractivity (Wildman–Crippen MR) is 120 cm³/mol. The average molecular weight is 436 g/mol. The first-order chi connectivity index (χ1) is 14.1. The Balaban J connectivity index is 2.24. The molecule has 1 heterocycles. The minimum Gasteiger partial charge on any atom is -0.384 e. The van der Waals surface area contributed by atoms with E-state index in [1.54, 1.807) is 26.0 Å². The number of rotatable bonds is 10. The summed E-state index contributed by atoms with van der Waals surface area (Å²) in [6.45, 7) is 10.9. The van der Waals surface area contributed by atoms with Crippen molar-refractivity contribution >= 4 is 27.3 Å². The number of amides is 1. The van der Waals surface area contributed by atoms with Crippen LogP contribution in [0, 0.1) is 13.8 Å². The standard InChI is InChI=1S/C21H33N5O3S/c1-7-22-19-12-10-17(30(28,29)26(8-2)9-3)14-20(19)23-21(27)13-11-18-15(4)24-25(6)16(18)5/h10,12,14,22H,7-9,11,13H2,1-6H3,(H,23,27). The molecule has 2 aromatic rings. The molecule has 8 nitrogen and oxygen atoms in total. The molecule has 30 heavy (non-hydrogen) atoms. The van der Waals surface area contributed by atoms with Gasteiger partial charge in [-0.3, -0.25) is 9.48 Å². The number of aryl methyl sites for hydroxylation is 2. The molecule has 0 bridgehead atoms. The van der Waals surface area contributed by atoms with Gasteiger partial charge in [-0.05, 0) is 51.0 Å². The first-order valence-corrected chi connectivity index (χ1v) is 11.8. The Bertz CT molecular complexity index is 994. The summed E-state index contributed by atoms with van der Waals surface area (Å²) in [6.07, 6.45) is 0.858. The smallest absolute Gasteiger partial charge is 0.243 e. The van der Waals surface area contributed by atoms with Gasteiger partial charge in [-0.1, -0.05) is 13.8 Å². The van der Waals surface area contributed by atoms with Gasteiger partial charge in [0.15, 0.2) is 0 Å². The van der Waals surface area contributed by atoms with Gasteiger partial charge in [-0.15, -0.1) is 0 Å². The van der Waals surface area contributed by atoms with Crippen LogP contribution < -0.4 is 10.6 Å². The van der Waals surface area contributed by atoms with Gasteiger partial charge in [-0.2, -0.15) is 9.40 Å². The van der Waals surface area contributed by atoms with Crippen LogP contribution in [-0.4, -0.2) is 48.0 Å². The Morgan fingerprint density at radius 3 is 2.33 bits per heavy atom. The highest BCUT2D eigenvalue weighted by molar-refractivity contribution is 7.89. The van der Waals surface area contributed by atoms with E-state index in [1.807, 2.05) is 32.5 Å². The van der Waals surface area contributed by atoms with Crippen LogP contribution in [0.5, 0.6) is 0 Å². The van der Waals surface area contributed by atoms with Crippen LogP contribution in [0.4, 0.5) is 11.4 Å². The Morgan fingerprint density at radius 1 is 1.13 bits per heavy atom. The van der Waals surface area contributed by atoms with E-state index < -0.39 is 10.0 Å². The summed E-state index contributed by atoms with van der Waals surface area (Å²) in [6, 6.07) is 4.80. The molecule has 1 amide bonds. The lowest BCUT2D eigenvalue weighted by molar-refractivity contribution is -0.116. The highest BCUT2D eigenvalue weighted by atomic mass is 32.2. The number of anilines is 2. The van der Waals surface area contributed by atoms with E-state index in [-0.39, 0.29) is 17.2 Å². The molecule has 0 saturated carbocycles. The summed E-state index contributed by atoms with van der Waals surface area (Å²) >= 11 is 0. The third kappa shape index (κ3) is 5.20. The second-order valence-corrected chi connectivity index (χ2v) is 9.09. The van der Waals surface area contributed by atoms with Gasteiger partial charge < -0.3 is 10.6 Å². The third-order valence-electron chi connectivity index (χ3n) is 5.24. The SMILES string of the molecule is CCNc1ccc(S(=O)(=O)N(CC)CC)cc1NC(=O)CCc1c(C)nn(C)c1C. The molecule has 166 valence electrons. The zero-order chi connectivity index (χ0) is 22.5. The zero-order valence-electron chi connectivity index (χ0n) is 18.7. The van der Waals surface area contributed by atoms with Crippen LogP contribution in [0.1, 0.15) is 44.1 Å². The Labute approximate surface area is 179 Å². The van der Waals surface area contributed by atoms with Crippen LogP contribution in [0.2, 0.25) is 0 Å². The van der Waals surface area contributed by atoms with Gasteiger partial charge in [-0.25, -0.2) is 8.42 Å². The van der Waals surface area contributed by atoms with Gasteiger partial charge >= 0.3 is 0 Å². The maximum atomic E-state index is 12.9. The van der Waals surface area contributed by atoms with Gasteiger partial charge in [0, 0.05) is 38.8 Å². The zero-order valence-corrected chi connectivity index (χ0v) is 19.6. The number of benzene rings is 1. The number of aromatic nitrogens is 2. The Hall–Kier alpha value is -2.39. The van der Waals surface area contributed by atoms with Crippen LogP contribution >= 0.6 is 0 Å². The maximum absolute atomic E-state index is 12.9. The molecule has 0 spiro atoms. The summed E-state index contributed by atoms with van der Waals surface area (Å²) < 4.78 is 29.0. The van der Waals surface area contributed by atoms with E-state index in [4.69, 9.17) is 0 Å². The number of carbonyl (C=O) groups is 1. The van der Waals surface area contributed by atoms with Crippen LogP contribution in [-0.2, 0) is 28.3 Å². The molecule has 0 saturated heterocycles. The van der Waals surface area contributed by atoms with E-state index in [2.05, 4.69) is 15.7 Å². The second-order valence-electron chi connectivity index (χ2n) is 7.15. The predicted octanol–water partition coefficient (Wildman–Crippen LogP) is 3.07. The van der Waals surface area contributed by atoms with Crippen molar-refractivity contribution < 1.29 is 13.2 Å². The normalized spacial score (nSPS) is 11.7. The Morgan fingerprint density at radius 2 is 1.80 bits per heavy atom. The fraction of sp³-hybridized carbons (Fsp3) is 0.524. The molecule has 0 fully saturated rings. The topological polar surface area (TPSA) is 96.3 Å². The van der Waals surface area contributed by atoms with Crippen molar-refractivity contribution in [3.05, 3.63) is 35.2 Å². The summed E-state index contributed by atoms with van der Waals surface area (Å²) in [4.78, 5) is 12.8. The number of nitrogens with zero attached hydrogens (tertiary/aromatic N) is 3. The molecule has 9 heteroatoms. The van der Waals surface area contributed by atoms with E-state index in [0.29, 0.717) is 37.4 Å². The minimum absolute atomic E-state index is 0.169. The van der Waals surface area contributed by atoms with Gasteiger partial charge in [0.2, 0.25) is 15.9 Å². The molecule has 0 radical (unpaired) electrons. The maximum Gasteiger partial charge on any atom is 0.243 e.